The standard InChI is InChI=1S/C15H20N4OS/c1-11-14(21-10-17-11)9-19-6-7-20-13(8-19)12-4-3-5-15(16-2)18-12/h3-5,10,13H,6-9H2,1-2H3,(H,16,18)/t13-/m1/s1. The van der Waals surface area contributed by atoms with Crippen molar-refractivity contribution in [2.45, 2.75) is 19.6 Å². The molecular formula is C15H20N4OS. The van der Waals surface area contributed by atoms with Crippen LogP contribution in [0.5, 0.6) is 0 Å². The summed E-state index contributed by atoms with van der Waals surface area (Å²) in [6, 6.07) is 6.02. The number of thiazole rings is 1. The second-order valence-electron chi connectivity index (χ2n) is 5.15. The smallest absolute Gasteiger partial charge is 0.126 e. The summed E-state index contributed by atoms with van der Waals surface area (Å²) in [7, 11) is 1.88. The SMILES string of the molecule is CNc1cccc([C@H]2CN(Cc3scnc3C)CCO2)n1. The van der Waals surface area contributed by atoms with Crippen molar-refractivity contribution in [2.75, 3.05) is 32.1 Å². The summed E-state index contributed by atoms with van der Waals surface area (Å²) in [6.45, 7) is 5.59. The molecule has 1 fully saturated rings. The quantitative estimate of drug-likeness (QED) is 0.940. The van der Waals surface area contributed by atoms with E-state index in [9.17, 15) is 0 Å². The fraction of sp³-hybridized carbons (Fsp3) is 0.467. The first-order chi connectivity index (χ1) is 10.3. The number of aryl methyl sites for hydroxylation is 1. The summed E-state index contributed by atoms with van der Waals surface area (Å²) in [5, 5.41) is 3.07. The highest BCUT2D eigenvalue weighted by Crippen LogP contribution is 2.24. The van der Waals surface area contributed by atoms with Crippen molar-refractivity contribution in [3.8, 4) is 0 Å². The summed E-state index contributed by atoms with van der Waals surface area (Å²) in [6.07, 6.45) is 0.0419. The molecule has 1 aliphatic heterocycles. The zero-order valence-corrected chi connectivity index (χ0v) is 13.2. The first-order valence-corrected chi connectivity index (χ1v) is 8.02. The Bertz CT molecular complexity index is 601. The summed E-state index contributed by atoms with van der Waals surface area (Å²) in [5.74, 6) is 0.881. The molecule has 0 bridgehead atoms. The van der Waals surface area contributed by atoms with E-state index in [4.69, 9.17) is 4.74 Å². The Labute approximate surface area is 129 Å². The minimum absolute atomic E-state index is 0.0419. The largest absolute Gasteiger partial charge is 0.373 e. The van der Waals surface area contributed by atoms with E-state index in [1.54, 1.807) is 11.3 Å². The molecule has 1 saturated heterocycles. The van der Waals surface area contributed by atoms with Gasteiger partial charge in [0.1, 0.15) is 11.9 Å². The van der Waals surface area contributed by atoms with Crippen molar-refractivity contribution < 1.29 is 4.74 Å². The Morgan fingerprint density at radius 3 is 3.14 bits per heavy atom. The van der Waals surface area contributed by atoms with Gasteiger partial charge in [0.2, 0.25) is 0 Å². The molecule has 2 aromatic heterocycles. The lowest BCUT2D eigenvalue weighted by atomic mass is 10.2. The van der Waals surface area contributed by atoms with Gasteiger partial charge in [-0.2, -0.15) is 0 Å². The molecule has 5 nitrogen and oxygen atoms in total. The summed E-state index contributed by atoms with van der Waals surface area (Å²) >= 11 is 1.73. The van der Waals surface area contributed by atoms with Crippen molar-refractivity contribution in [3.63, 3.8) is 0 Å². The third-order valence-corrected chi connectivity index (χ3v) is 4.64. The Morgan fingerprint density at radius 1 is 1.48 bits per heavy atom. The molecule has 0 aliphatic carbocycles. The third kappa shape index (κ3) is 3.40. The van der Waals surface area contributed by atoms with Gasteiger partial charge in [0.15, 0.2) is 0 Å². The van der Waals surface area contributed by atoms with E-state index in [1.807, 2.05) is 30.8 Å². The summed E-state index contributed by atoms with van der Waals surface area (Å²) in [5.41, 5.74) is 4.05. The first-order valence-electron chi connectivity index (χ1n) is 7.14. The fourth-order valence-electron chi connectivity index (χ4n) is 2.48. The minimum Gasteiger partial charge on any atom is -0.373 e. The van der Waals surface area contributed by atoms with Crippen molar-refractivity contribution in [2.24, 2.45) is 0 Å². The normalized spacial score (nSPS) is 19.6. The number of aromatic nitrogens is 2. The molecule has 0 saturated carbocycles. The molecule has 1 N–H and O–H groups in total. The molecule has 0 aromatic carbocycles. The predicted molar refractivity (Wildman–Crippen MR) is 84.6 cm³/mol. The number of nitrogens with one attached hydrogen (secondary N) is 1. The highest BCUT2D eigenvalue weighted by atomic mass is 32.1. The average Bonchev–Trinajstić information content (AvgIpc) is 2.93. The Hall–Kier alpha value is -1.50. The van der Waals surface area contributed by atoms with E-state index in [-0.39, 0.29) is 6.10 Å². The fourth-order valence-corrected chi connectivity index (χ4v) is 3.29. The summed E-state index contributed by atoms with van der Waals surface area (Å²) < 4.78 is 5.90. The maximum atomic E-state index is 5.90. The number of rotatable bonds is 4. The van der Waals surface area contributed by atoms with Gasteiger partial charge in [-0.3, -0.25) is 4.90 Å². The number of nitrogens with zero attached hydrogens (tertiary/aromatic N) is 3. The topological polar surface area (TPSA) is 50.3 Å². The van der Waals surface area contributed by atoms with Gasteiger partial charge in [0.25, 0.3) is 0 Å². The van der Waals surface area contributed by atoms with Crippen molar-refractivity contribution in [1.82, 2.24) is 14.9 Å². The van der Waals surface area contributed by atoms with Crippen molar-refractivity contribution in [1.29, 1.82) is 0 Å². The van der Waals surface area contributed by atoms with Crippen molar-refractivity contribution in [3.05, 3.63) is 40.0 Å². The van der Waals surface area contributed by atoms with Gasteiger partial charge in [0.05, 0.1) is 23.5 Å². The van der Waals surface area contributed by atoms with Crippen LogP contribution in [0.3, 0.4) is 0 Å². The molecule has 1 atom stereocenters. The summed E-state index contributed by atoms with van der Waals surface area (Å²) in [4.78, 5) is 12.7. The second-order valence-corrected chi connectivity index (χ2v) is 6.09. The van der Waals surface area contributed by atoms with E-state index < -0.39 is 0 Å². The number of anilines is 1. The van der Waals surface area contributed by atoms with Gasteiger partial charge in [-0.25, -0.2) is 9.97 Å². The molecule has 6 heteroatoms. The maximum Gasteiger partial charge on any atom is 0.126 e. The van der Waals surface area contributed by atoms with Crippen LogP contribution in [0.4, 0.5) is 5.82 Å². The minimum atomic E-state index is 0.0419. The van der Waals surface area contributed by atoms with Crippen LogP contribution in [-0.4, -0.2) is 41.6 Å². The van der Waals surface area contributed by atoms with Crippen molar-refractivity contribution >= 4 is 17.2 Å². The molecule has 0 radical (unpaired) electrons. The van der Waals surface area contributed by atoms with Crippen LogP contribution in [0, 0.1) is 6.92 Å². The lowest BCUT2D eigenvalue weighted by Gasteiger charge is -2.32. The molecule has 112 valence electrons. The molecule has 3 heterocycles. The Balaban J connectivity index is 1.69. The highest BCUT2D eigenvalue weighted by Gasteiger charge is 2.24. The zero-order valence-electron chi connectivity index (χ0n) is 12.4. The molecule has 1 aliphatic rings. The molecule has 0 unspecified atom stereocenters. The van der Waals surface area contributed by atoms with Crippen LogP contribution in [0.15, 0.2) is 23.7 Å². The van der Waals surface area contributed by atoms with Gasteiger partial charge >= 0.3 is 0 Å². The lowest BCUT2D eigenvalue weighted by molar-refractivity contribution is -0.0346. The first kappa shape index (κ1) is 14.4. The molecule has 0 amide bonds. The predicted octanol–water partition coefficient (Wildman–Crippen LogP) is 2.46. The van der Waals surface area contributed by atoms with Crippen LogP contribution in [0.2, 0.25) is 0 Å². The van der Waals surface area contributed by atoms with Crippen LogP contribution in [0.25, 0.3) is 0 Å². The molecule has 3 rings (SSSR count). The molecule has 2 aromatic rings. The number of morpholine rings is 1. The van der Waals surface area contributed by atoms with Gasteiger partial charge in [0, 0.05) is 31.6 Å². The van der Waals surface area contributed by atoms with Gasteiger partial charge in [-0.05, 0) is 19.1 Å². The third-order valence-electron chi connectivity index (χ3n) is 3.72. The number of ether oxygens (including phenoxy) is 1. The molecule has 21 heavy (non-hydrogen) atoms. The molecular weight excluding hydrogens is 284 g/mol. The second kappa shape index (κ2) is 6.51. The van der Waals surface area contributed by atoms with Crippen LogP contribution >= 0.6 is 11.3 Å². The zero-order chi connectivity index (χ0) is 14.7. The monoisotopic (exact) mass is 304 g/mol. The lowest BCUT2D eigenvalue weighted by Crippen LogP contribution is -2.38. The van der Waals surface area contributed by atoms with Gasteiger partial charge in [-0.15, -0.1) is 11.3 Å². The molecule has 0 spiro atoms. The van der Waals surface area contributed by atoms with Crippen LogP contribution < -0.4 is 5.32 Å². The number of pyridine rings is 1. The van der Waals surface area contributed by atoms with E-state index in [2.05, 4.69) is 27.1 Å². The van der Waals surface area contributed by atoms with Gasteiger partial charge in [-0.1, -0.05) is 6.07 Å². The van der Waals surface area contributed by atoms with E-state index >= 15 is 0 Å². The number of hydrogen-bond acceptors (Lipinski definition) is 6. The van der Waals surface area contributed by atoms with Crippen LogP contribution in [-0.2, 0) is 11.3 Å². The maximum absolute atomic E-state index is 5.90. The Kier molecular flexibility index (Phi) is 4.48. The number of hydrogen-bond donors (Lipinski definition) is 1. The van der Waals surface area contributed by atoms with E-state index in [0.29, 0.717) is 0 Å². The van der Waals surface area contributed by atoms with E-state index in [1.165, 1.54) is 4.88 Å². The van der Waals surface area contributed by atoms with Crippen LogP contribution in [0.1, 0.15) is 22.4 Å². The Morgan fingerprint density at radius 2 is 2.38 bits per heavy atom. The average molecular weight is 304 g/mol. The van der Waals surface area contributed by atoms with Gasteiger partial charge < -0.3 is 10.1 Å². The highest BCUT2D eigenvalue weighted by molar-refractivity contribution is 7.09. The van der Waals surface area contributed by atoms with E-state index in [0.717, 1.165) is 43.4 Å².